The first-order valence-electron chi connectivity index (χ1n) is 5.57. The number of nitrogens with zero attached hydrogens (tertiary/aromatic N) is 3. The van der Waals surface area contributed by atoms with Crippen molar-refractivity contribution in [2.45, 2.75) is 26.4 Å². The minimum atomic E-state index is -0.198. The van der Waals surface area contributed by atoms with Gasteiger partial charge in [0.15, 0.2) is 5.82 Å². The molecule has 2 N–H and O–H groups in total. The third kappa shape index (κ3) is 2.61. The van der Waals surface area contributed by atoms with Gasteiger partial charge in [0.05, 0.1) is 23.6 Å². The van der Waals surface area contributed by atoms with E-state index < -0.39 is 0 Å². The second-order valence-electron chi connectivity index (χ2n) is 4.85. The van der Waals surface area contributed by atoms with Crippen molar-refractivity contribution in [3.8, 4) is 0 Å². The fourth-order valence-electron chi connectivity index (χ4n) is 1.97. The molecule has 1 fully saturated rings. The molecule has 17 heavy (non-hydrogen) atoms. The minimum absolute atomic E-state index is 0.198. The van der Waals surface area contributed by atoms with E-state index in [1.54, 1.807) is 0 Å². The lowest BCUT2D eigenvalue weighted by Gasteiger charge is -2.39. The third-order valence-electron chi connectivity index (χ3n) is 2.81. The molecule has 0 unspecified atom stereocenters. The number of hydrogen-bond acceptors (Lipinski definition) is 5. The van der Waals surface area contributed by atoms with Crippen molar-refractivity contribution >= 4 is 23.1 Å². The van der Waals surface area contributed by atoms with Crippen LogP contribution in [0, 0.1) is 6.92 Å². The van der Waals surface area contributed by atoms with Crippen molar-refractivity contribution in [2.75, 3.05) is 30.3 Å². The number of nitrogens with two attached hydrogens (primary N) is 1. The molecule has 0 saturated carbocycles. The SMILES string of the molecule is Cc1nc(Cl)nc(N2CCOC(C)(C)C2)c1N. The number of rotatable bonds is 1. The van der Waals surface area contributed by atoms with Gasteiger partial charge in [-0.05, 0) is 32.4 Å². The standard InChI is InChI=1S/C11H17ClN4O/c1-7-8(13)9(15-10(12)14-7)16-4-5-17-11(2,3)6-16/h4-6,13H2,1-3H3. The average Bonchev–Trinajstić information content (AvgIpc) is 2.22. The monoisotopic (exact) mass is 256 g/mol. The molecule has 0 aromatic carbocycles. The van der Waals surface area contributed by atoms with Gasteiger partial charge in [0.2, 0.25) is 5.28 Å². The highest BCUT2D eigenvalue weighted by atomic mass is 35.5. The number of anilines is 2. The van der Waals surface area contributed by atoms with E-state index in [-0.39, 0.29) is 10.9 Å². The summed E-state index contributed by atoms with van der Waals surface area (Å²) in [5, 5.41) is 0.232. The molecule has 1 saturated heterocycles. The molecule has 5 nitrogen and oxygen atoms in total. The second-order valence-corrected chi connectivity index (χ2v) is 5.18. The Morgan fingerprint density at radius 3 is 2.76 bits per heavy atom. The number of aromatic nitrogens is 2. The summed E-state index contributed by atoms with van der Waals surface area (Å²) < 4.78 is 5.66. The number of morpholine rings is 1. The summed E-state index contributed by atoms with van der Waals surface area (Å²) in [7, 11) is 0. The van der Waals surface area contributed by atoms with Crippen LogP contribution in [0.15, 0.2) is 0 Å². The zero-order valence-corrected chi connectivity index (χ0v) is 11.1. The van der Waals surface area contributed by atoms with Crippen LogP contribution in [0.25, 0.3) is 0 Å². The highest BCUT2D eigenvalue weighted by Gasteiger charge is 2.29. The van der Waals surface area contributed by atoms with Gasteiger partial charge >= 0.3 is 0 Å². The Balaban J connectivity index is 2.34. The summed E-state index contributed by atoms with van der Waals surface area (Å²) in [6, 6.07) is 0. The maximum Gasteiger partial charge on any atom is 0.224 e. The summed E-state index contributed by atoms with van der Waals surface area (Å²) in [6.07, 6.45) is 0. The van der Waals surface area contributed by atoms with Crippen molar-refractivity contribution in [3.63, 3.8) is 0 Å². The van der Waals surface area contributed by atoms with Crippen molar-refractivity contribution in [3.05, 3.63) is 11.0 Å². The van der Waals surface area contributed by atoms with E-state index in [0.717, 1.165) is 13.1 Å². The van der Waals surface area contributed by atoms with Crippen LogP contribution in [-0.2, 0) is 4.74 Å². The third-order valence-corrected chi connectivity index (χ3v) is 2.98. The van der Waals surface area contributed by atoms with Gasteiger partial charge < -0.3 is 15.4 Å². The maximum absolute atomic E-state index is 6.00. The largest absolute Gasteiger partial charge is 0.394 e. The van der Waals surface area contributed by atoms with Gasteiger partial charge in [-0.25, -0.2) is 4.98 Å². The molecule has 1 aliphatic rings. The molecule has 0 amide bonds. The van der Waals surface area contributed by atoms with Crippen molar-refractivity contribution in [2.24, 2.45) is 0 Å². The normalized spacial score (nSPS) is 19.4. The van der Waals surface area contributed by atoms with Crippen LogP contribution in [0.5, 0.6) is 0 Å². The molecular formula is C11H17ClN4O. The molecule has 1 aromatic rings. The first kappa shape index (κ1) is 12.4. The van der Waals surface area contributed by atoms with Crippen LogP contribution in [-0.4, -0.2) is 35.3 Å². The van der Waals surface area contributed by atoms with E-state index in [0.29, 0.717) is 23.8 Å². The fourth-order valence-corrected chi connectivity index (χ4v) is 2.18. The van der Waals surface area contributed by atoms with Gasteiger partial charge in [-0.1, -0.05) is 0 Å². The lowest BCUT2D eigenvalue weighted by atomic mass is 10.1. The fraction of sp³-hybridized carbons (Fsp3) is 0.636. The molecule has 94 valence electrons. The molecule has 0 bridgehead atoms. The Hall–Kier alpha value is -1.07. The van der Waals surface area contributed by atoms with Gasteiger partial charge in [-0.2, -0.15) is 4.98 Å². The highest BCUT2D eigenvalue weighted by molar-refractivity contribution is 6.28. The Morgan fingerprint density at radius 2 is 2.12 bits per heavy atom. The van der Waals surface area contributed by atoms with E-state index in [1.165, 1.54) is 0 Å². The zero-order valence-electron chi connectivity index (χ0n) is 10.3. The van der Waals surface area contributed by atoms with Crippen LogP contribution < -0.4 is 10.6 Å². The highest BCUT2D eigenvalue weighted by Crippen LogP contribution is 2.28. The second kappa shape index (κ2) is 4.31. The Morgan fingerprint density at radius 1 is 1.41 bits per heavy atom. The summed E-state index contributed by atoms with van der Waals surface area (Å²) >= 11 is 5.88. The van der Waals surface area contributed by atoms with Crippen LogP contribution >= 0.6 is 11.6 Å². The van der Waals surface area contributed by atoms with Gasteiger partial charge in [0.1, 0.15) is 0 Å². The van der Waals surface area contributed by atoms with Gasteiger partial charge in [0.25, 0.3) is 0 Å². The van der Waals surface area contributed by atoms with Crippen molar-refractivity contribution in [1.29, 1.82) is 0 Å². The summed E-state index contributed by atoms with van der Waals surface area (Å²) in [6.45, 7) is 8.09. The topological polar surface area (TPSA) is 64.3 Å². The maximum atomic E-state index is 6.00. The quantitative estimate of drug-likeness (QED) is 0.774. The minimum Gasteiger partial charge on any atom is -0.394 e. The van der Waals surface area contributed by atoms with E-state index in [9.17, 15) is 0 Å². The number of hydrogen-bond donors (Lipinski definition) is 1. The predicted molar refractivity (Wildman–Crippen MR) is 68.4 cm³/mol. The van der Waals surface area contributed by atoms with E-state index in [1.807, 2.05) is 20.8 Å². The van der Waals surface area contributed by atoms with Gasteiger partial charge in [-0.15, -0.1) is 0 Å². The molecule has 1 aromatic heterocycles. The van der Waals surface area contributed by atoms with Crippen LogP contribution in [0.1, 0.15) is 19.5 Å². The van der Waals surface area contributed by atoms with Crippen LogP contribution in [0.4, 0.5) is 11.5 Å². The van der Waals surface area contributed by atoms with E-state index in [2.05, 4.69) is 14.9 Å². The van der Waals surface area contributed by atoms with E-state index >= 15 is 0 Å². The van der Waals surface area contributed by atoms with Crippen LogP contribution in [0.2, 0.25) is 5.28 Å². The van der Waals surface area contributed by atoms with E-state index in [4.69, 9.17) is 22.1 Å². The molecule has 2 heterocycles. The molecule has 2 rings (SSSR count). The average molecular weight is 257 g/mol. The zero-order chi connectivity index (χ0) is 12.6. The predicted octanol–water partition coefficient (Wildman–Crippen LogP) is 1.64. The Labute approximate surface area is 106 Å². The Kier molecular flexibility index (Phi) is 3.14. The first-order chi connectivity index (χ1) is 7.89. The summed E-state index contributed by atoms with van der Waals surface area (Å²) in [5.41, 5.74) is 7.11. The smallest absolute Gasteiger partial charge is 0.224 e. The van der Waals surface area contributed by atoms with Crippen LogP contribution in [0.3, 0.4) is 0 Å². The number of aryl methyl sites for hydroxylation is 1. The molecule has 0 atom stereocenters. The van der Waals surface area contributed by atoms with Gasteiger partial charge in [-0.3, -0.25) is 0 Å². The number of nitrogen functional groups attached to an aromatic ring is 1. The Bertz CT molecular complexity index is 436. The number of halogens is 1. The molecule has 0 aliphatic carbocycles. The lowest BCUT2D eigenvalue weighted by molar-refractivity contribution is -0.0278. The summed E-state index contributed by atoms with van der Waals surface area (Å²) in [4.78, 5) is 10.4. The summed E-state index contributed by atoms with van der Waals surface area (Å²) in [5.74, 6) is 0.707. The van der Waals surface area contributed by atoms with Crippen molar-refractivity contribution < 1.29 is 4.74 Å². The van der Waals surface area contributed by atoms with Gasteiger partial charge in [0, 0.05) is 13.1 Å². The molecule has 6 heteroatoms. The van der Waals surface area contributed by atoms with Crippen molar-refractivity contribution in [1.82, 2.24) is 9.97 Å². The molecular weight excluding hydrogens is 240 g/mol. The number of ether oxygens (including phenoxy) is 1. The first-order valence-corrected chi connectivity index (χ1v) is 5.95. The molecule has 0 spiro atoms. The lowest BCUT2D eigenvalue weighted by Crippen LogP contribution is -2.49. The molecule has 1 aliphatic heterocycles. The molecule has 0 radical (unpaired) electrons.